The minimum Gasteiger partial charge on any atom is -0.495 e. The van der Waals surface area contributed by atoms with Crippen LogP contribution in [0.2, 0.25) is 0 Å². The highest BCUT2D eigenvalue weighted by molar-refractivity contribution is 7.17. The van der Waals surface area contributed by atoms with Crippen molar-refractivity contribution in [2.75, 3.05) is 7.11 Å². The summed E-state index contributed by atoms with van der Waals surface area (Å²) in [7, 11) is 1.66. The van der Waals surface area contributed by atoms with Crippen LogP contribution in [0.4, 0.5) is 0 Å². The molecule has 0 atom stereocenters. The summed E-state index contributed by atoms with van der Waals surface area (Å²) in [5, 5.41) is 11.9. The van der Waals surface area contributed by atoms with Crippen LogP contribution in [0.15, 0.2) is 17.5 Å². The molecule has 0 aliphatic carbocycles. The fourth-order valence-electron chi connectivity index (χ4n) is 1.44. The van der Waals surface area contributed by atoms with E-state index in [-0.39, 0.29) is 0 Å². The van der Waals surface area contributed by atoms with Crippen molar-refractivity contribution in [2.45, 2.75) is 6.92 Å². The summed E-state index contributed by atoms with van der Waals surface area (Å²) in [6, 6.07) is 6.10. The summed E-state index contributed by atoms with van der Waals surface area (Å²) in [5.41, 5.74) is 1.73. The van der Waals surface area contributed by atoms with Crippen LogP contribution < -0.4 is 4.74 Å². The monoisotopic (exact) mass is 203 g/mol. The van der Waals surface area contributed by atoms with E-state index < -0.39 is 0 Å². The first kappa shape index (κ1) is 9.04. The number of nitriles is 1. The van der Waals surface area contributed by atoms with Gasteiger partial charge in [-0.05, 0) is 24.6 Å². The number of aryl methyl sites for hydroxylation is 1. The SMILES string of the molecule is COc1csc2cc(C#N)c(C)cc12. The zero-order chi connectivity index (χ0) is 10.1. The second-order valence-electron chi connectivity index (χ2n) is 3.08. The van der Waals surface area contributed by atoms with E-state index in [9.17, 15) is 0 Å². The van der Waals surface area contributed by atoms with Crippen LogP contribution in [0, 0.1) is 18.3 Å². The van der Waals surface area contributed by atoms with Crippen LogP contribution >= 0.6 is 11.3 Å². The number of ether oxygens (including phenoxy) is 1. The Hall–Kier alpha value is -1.53. The van der Waals surface area contributed by atoms with Gasteiger partial charge in [0, 0.05) is 15.5 Å². The third-order valence-electron chi connectivity index (χ3n) is 2.23. The maximum atomic E-state index is 8.87. The zero-order valence-electron chi connectivity index (χ0n) is 8.00. The molecular weight excluding hydrogens is 194 g/mol. The van der Waals surface area contributed by atoms with E-state index in [1.807, 2.05) is 24.4 Å². The summed E-state index contributed by atoms with van der Waals surface area (Å²) in [5.74, 6) is 0.887. The molecular formula is C11H9NOS. The highest BCUT2D eigenvalue weighted by Gasteiger charge is 2.07. The maximum absolute atomic E-state index is 8.87. The van der Waals surface area contributed by atoms with Gasteiger partial charge in [0.1, 0.15) is 5.75 Å². The quantitative estimate of drug-likeness (QED) is 0.713. The summed E-state index contributed by atoms with van der Waals surface area (Å²) < 4.78 is 6.32. The van der Waals surface area contributed by atoms with Gasteiger partial charge in [0.15, 0.2) is 0 Å². The fourth-order valence-corrected chi connectivity index (χ4v) is 2.37. The molecule has 14 heavy (non-hydrogen) atoms. The fraction of sp³-hybridized carbons (Fsp3) is 0.182. The van der Waals surface area contributed by atoms with Crippen molar-refractivity contribution in [3.63, 3.8) is 0 Å². The molecule has 1 aromatic carbocycles. The number of nitrogens with zero attached hydrogens (tertiary/aromatic N) is 1. The summed E-state index contributed by atoms with van der Waals surface area (Å²) in [6.45, 7) is 1.94. The first-order chi connectivity index (χ1) is 6.76. The van der Waals surface area contributed by atoms with Gasteiger partial charge >= 0.3 is 0 Å². The van der Waals surface area contributed by atoms with Crippen LogP contribution in [-0.4, -0.2) is 7.11 Å². The van der Waals surface area contributed by atoms with Gasteiger partial charge in [0.2, 0.25) is 0 Å². The topological polar surface area (TPSA) is 33.0 Å². The molecule has 1 aromatic heterocycles. The van der Waals surface area contributed by atoms with E-state index in [0.29, 0.717) is 0 Å². The third-order valence-corrected chi connectivity index (χ3v) is 3.15. The van der Waals surface area contributed by atoms with Gasteiger partial charge in [-0.3, -0.25) is 0 Å². The Morgan fingerprint density at radius 2 is 2.21 bits per heavy atom. The van der Waals surface area contributed by atoms with Crippen molar-refractivity contribution in [1.82, 2.24) is 0 Å². The Kier molecular flexibility index (Phi) is 2.14. The molecule has 0 saturated heterocycles. The molecule has 2 nitrogen and oxygen atoms in total. The number of benzene rings is 1. The summed E-state index contributed by atoms with van der Waals surface area (Å²) >= 11 is 1.60. The Balaban J connectivity index is 2.77. The lowest BCUT2D eigenvalue weighted by molar-refractivity contribution is 0.421. The highest BCUT2D eigenvalue weighted by Crippen LogP contribution is 2.33. The van der Waals surface area contributed by atoms with Crippen LogP contribution in [-0.2, 0) is 0 Å². The maximum Gasteiger partial charge on any atom is 0.137 e. The van der Waals surface area contributed by atoms with Crippen molar-refractivity contribution in [1.29, 1.82) is 5.26 Å². The van der Waals surface area contributed by atoms with Gasteiger partial charge in [0.25, 0.3) is 0 Å². The molecule has 2 aromatic rings. The average molecular weight is 203 g/mol. The highest BCUT2D eigenvalue weighted by atomic mass is 32.1. The van der Waals surface area contributed by atoms with Crippen molar-refractivity contribution in [3.8, 4) is 11.8 Å². The molecule has 0 amide bonds. The molecule has 0 saturated carbocycles. The van der Waals surface area contributed by atoms with Gasteiger partial charge in [-0.15, -0.1) is 11.3 Å². The molecule has 0 aliphatic heterocycles. The lowest BCUT2D eigenvalue weighted by Gasteiger charge is -1.99. The van der Waals surface area contributed by atoms with Gasteiger partial charge in [0.05, 0.1) is 18.7 Å². The number of thiophene rings is 1. The van der Waals surface area contributed by atoms with Gasteiger partial charge < -0.3 is 4.74 Å². The molecule has 0 aliphatic rings. The van der Waals surface area contributed by atoms with E-state index in [1.54, 1.807) is 18.4 Å². The molecule has 3 heteroatoms. The van der Waals surface area contributed by atoms with E-state index in [2.05, 4.69) is 6.07 Å². The molecule has 2 rings (SSSR count). The Morgan fingerprint density at radius 3 is 2.86 bits per heavy atom. The molecule has 0 spiro atoms. The van der Waals surface area contributed by atoms with Crippen molar-refractivity contribution >= 4 is 21.4 Å². The minimum absolute atomic E-state index is 0.738. The van der Waals surface area contributed by atoms with Crippen molar-refractivity contribution in [2.24, 2.45) is 0 Å². The zero-order valence-corrected chi connectivity index (χ0v) is 8.81. The predicted octanol–water partition coefficient (Wildman–Crippen LogP) is 3.09. The van der Waals surface area contributed by atoms with Crippen LogP contribution in [0.5, 0.6) is 5.75 Å². The number of fused-ring (bicyclic) bond motifs is 1. The smallest absolute Gasteiger partial charge is 0.137 e. The van der Waals surface area contributed by atoms with E-state index in [1.165, 1.54) is 0 Å². The lowest BCUT2D eigenvalue weighted by Crippen LogP contribution is -1.83. The summed E-state index contributed by atoms with van der Waals surface area (Å²) in [4.78, 5) is 0. The van der Waals surface area contributed by atoms with Crippen molar-refractivity contribution < 1.29 is 4.74 Å². The molecule has 1 heterocycles. The van der Waals surface area contributed by atoms with Gasteiger partial charge in [-0.25, -0.2) is 0 Å². The van der Waals surface area contributed by atoms with Gasteiger partial charge in [-0.2, -0.15) is 5.26 Å². The second-order valence-corrected chi connectivity index (χ2v) is 3.99. The second kappa shape index (κ2) is 3.32. The van der Waals surface area contributed by atoms with Crippen LogP contribution in [0.3, 0.4) is 0 Å². The normalized spacial score (nSPS) is 10.1. The predicted molar refractivity (Wildman–Crippen MR) is 57.8 cm³/mol. The summed E-state index contributed by atoms with van der Waals surface area (Å²) in [6.07, 6.45) is 0. The number of methoxy groups -OCH3 is 1. The third kappa shape index (κ3) is 1.24. The standard InChI is InChI=1S/C11H9NOS/c1-7-3-9-10(13-2)6-14-11(9)4-8(7)5-12/h3-4,6H,1-2H3. The van der Waals surface area contributed by atoms with Crippen molar-refractivity contribution in [3.05, 3.63) is 28.6 Å². The number of rotatable bonds is 1. The molecule has 0 bridgehead atoms. The van der Waals surface area contributed by atoms with E-state index >= 15 is 0 Å². The Labute approximate surface area is 86.4 Å². The largest absolute Gasteiger partial charge is 0.495 e. The van der Waals surface area contributed by atoms with Crippen LogP contribution in [0.25, 0.3) is 10.1 Å². The molecule has 0 N–H and O–H groups in total. The van der Waals surface area contributed by atoms with E-state index in [4.69, 9.17) is 10.00 Å². The number of hydrogen-bond donors (Lipinski definition) is 0. The first-order valence-electron chi connectivity index (χ1n) is 4.22. The molecule has 0 fully saturated rings. The molecule has 0 radical (unpaired) electrons. The lowest BCUT2D eigenvalue weighted by atomic mass is 10.1. The van der Waals surface area contributed by atoms with Gasteiger partial charge in [-0.1, -0.05) is 0 Å². The van der Waals surface area contributed by atoms with E-state index in [0.717, 1.165) is 27.0 Å². The Morgan fingerprint density at radius 1 is 1.43 bits per heavy atom. The number of hydrogen-bond acceptors (Lipinski definition) is 3. The van der Waals surface area contributed by atoms with Crippen LogP contribution in [0.1, 0.15) is 11.1 Å². The molecule has 70 valence electrons. The first-order valence-corrected chi connectivity index (χ1v) is 5.10. The minimum atomic E-state index is 0.738. The molecule has 0 unspecified atom stereocenters. The Bertz CT molecular complexity index is 522. The average Bonchev–Trinajstić information content (AvgIpc) is 2.58.